The Balaban J connectivity index is 1.98. The molecule has 0 amide bonds. The predicted molar refractivity (Wildman–Crippen MR) is 68.3 cm³/mol. The van der Waals surface area contributed by atoms with E-state index in [9.17, 15) is 0 Å². The van der Waals surface area contributed by atoms with Crippen LogP contribution in [0.2, 0.25) is 0 Å². The third-order valence-electron chi connectivity index (χ3n) is 2.91. The van der Waals surface area contributed by atoms with Gasteiger partial charge in [0.25, 0.3) is 0 Å². The number of aryl methyl sites for hydroxylation is 1. The van der Waals surface area contributed by atoms with Gasteiger partial charge >= 0.3 is 0 Å². The van der Waals surface area contributed by atoms with Gasteiger partial charge in [0.1, 0.15) is 18.0 Å². The molecule has 0 bridgehead atoms. The second kappa shape index (κ2) is 5.19. The van der Waals surface area contributed by atoms with Crippen molar-refractivity contribution in [3.8, 4) is 5.75 Å². The predicted octanol–water partition coefficient (Wildman–Crippen LogP) is 3.31. The molecule has 3 atom stereocenters. The summed E-state index contributed by atoms with van der Waals surface area (Å²) in [5.41, 5.74) is 1.18. The number of ether oxygens (including phenoxy) is 2. The van der Waals surface area contributed by atoms with Crippen LogP contribution < -0.4 is 4.74 Å². The molecule has 1 aliphatic carbocycles. The maximum Gasteiger partial charge on any atom is 0.127 e. The zero-order chi connectivity index (χ0) is 11.5. The van der Waals surface area contributed by atoms with E-state index < -0.39 is 0 Å². The smallest absolute Gasteiger partial charge is 0.127 e. The molecule has 0 heterocycles. The molecule has 2 nitrogen and oxygen atoms in total. The number of alkyl halides is 1. The zero-order valence-corrected chi connectivity index (χ0v) is 11.2. The molecule has 0 N–H and O–H groups in total. The second-order valence-corrected chi connectivity index (χ2v) is 5.27. The quantitative estimate of drug-likeness (QED) is 0.790. The van der Waals surface area contributed by atoms with Gasteiger partial charge in [-0.3, -0.25) is 0 Å². The maximum absolute atomic E-state index is 5.96. The minimum absolute atomic E-state index is 0.185. The Hall–Kier alpha value is -0.540. The van der Waals surface area contributed by atoms with Gasteiger partial charge in [-0.1, -0.05) is 34.1 Å². The average Bonchev–Trinajstić information content (AvgIpc) is 2.28. The van der Waals surface area contributed by atoms with E-state index >= 15 is 0 Å². The van der Waals surface area contributed by atoms with Crippen molar-refractivity contribution in [2.45, 2.75) is 37.3 Å². The first-order valence-corrected chi connectivity index (χ1v) is 6.62. The summed E-state index contributed by atoms with van der Waals surface area (Å²) in [6, 6.07) is 8.10. The normalized spacial score (nSPS) is 28.6. The molecule has 1 aromatic carbocycles. The van der Waals surface area contributed by atoms with Crippen LogP contribution in [-0.2, 0) is 4.74 Å². The molecule has 0 saturated heterocycles. The Labute approximate surface area is 105 Å². The first kappa shape index (κ1) is 11.9. The molecule has 3 heteroatoms. The first-order chi connectivity index (χ1) is 7.72. The molecule has 3 unspecified atom stereocenters. The molecule has 2 rings (SSSR count). The van der Waals surface area contributed by atoms with Crippen LogP contribution in [0, 0.1) is 6.92 Å². The van der Waals surface area contributed by atoms with Crippen LogP contribution in [0.5, 0.6) is 5.75 Å². The molecule has 0 spiro atoms. The van der Waals surface area contributed by atoms with Crippen LogP contribution in [0.25, 0.3) is 0 Å². The van der Waals surface area contributed by atoms with Crippen molar-refractivity contribution in [2.24, 2.45) is 0 Å². The lowest BCUT2D eigenvalue weighted by Gasteiger charge is -2.40. The Morgan fingerprint density at radius 3 is 2.75 bits per heavy atom. The molecule has 0 radical (unpaired) electrons. The number of rotatable bonds is 4. The van der Waals surface area contributed by atoms with E-state index in [0.29, 0.717) is 4.83 Å². The highest BCUT2D eigenvalue weighted by Crippen LogP contribution is 2.34. The van der Waals surface area contributed by atoms with Crippen LogP contribution in [0.4, 0.5) is 0 Å². The number of hydrogen-bond donors (Lipinski definition) is 0. The molecule has 1 aliphatic rings. The highest BCUT2D eigenvalue weighted by molar-refractivity contribution is 9.09. The van der Waals surface area contributed by atoms with Crippen molar-refractivity contribution < 1.29 is 9.47 Å². The highest BCUT2D eigenvalue weighted by Gasteiger charge is 2.42. The van der Waals surface area contributed by atoms with Gasteiger partial charge in [0.15, 0.2) is 0 Å². The molecular weight excluding hydrogens is 268 g/mol. The van der Waals surface area contributed by atoms with Gasteiger partial charge in [-0.25, -0.2) is 0 Å². The first-order valence-electron chi connectivity index (χ1n) is 5.70. The highest BCUT2D eigenvalue weighted by atomic mass is 79.9. The summed E-state index contributed by atoms with van der Waals surface area (Å²) in [7, 11) is 0. The second-order valence-electron chi connectivity index (χ2n) is 4.09. The van der Waals surface area contributed by atoms with Gasteiger partial charge in [-0.15, -0.1) is 0 Å². The number of para-hydroxylation sites is 1. The molecule has 1 fully saturated rings. The zero-order valence-electron chi connectivity index (χ0n) is 9.65. The summed E-state index contributed by atoms with van der Waals surface area (Å²) >= 11 is 3.59. The summed E-state index contributed by atoms with van der Waals surface area (Å²) in [4.78, 5) is 0.432. The van der Waals surface area contributed by atoms with Gasteiger partial charge in [-0.05, 0) is 25.5 Å². The summed E-state index contributed by atoms with van der Waals surface area (Å²) in [6.45, 7) is 4.82. The molecule has 16 heavy (non-hydrogen) atoms. The SMILES string of the molecule is CCOC1C(Br)CC1Oc1ccccc1C. The summed E-state index contributed by atoms with van der Waals surface area (Å²) in [5, 5.41) is 0. The van der Waals surface area contributed by atoms with E-state index in [2.05, 4.69) is 28.9 Å². The Morgan fingerprint density at radius 2 is 2.12 bits per heavy atom. The van der Waals surface area contributed by atoms with Crippen molar-refractivity contribution in [2.75, 3.05) is 6.61 Å². The number of hydrogen-bond acceptors (Lipinski definition) is 2. The lowest BCUT2D eigenvalue weighted by atomic mass is 9.91. The van der Waals surface area contributed by atoms with E-state index in [0.717, 1.165) is 18.8 Å². The number of benzene rings is 1. The Kier molecular flexibility index (Phi) is 3.87. The van der Waals surface area contributed by atoms with Gasteiger partial charge < -0.3 is 9.47 Å². The fourth-order valence-corrected chi connectivity index (χ4v) is 2.76. The van der Waals surface area contributed by atoms with Gasteiger partial charge in [0.05, 0.1) is 0 Å². The fraction of sp³-hybridized carbons (Fsp3) is 0.538. The minimum atomic E-state index is 0.185. The van der Waals surface area contributed by atoms with Crippen molar-refractivity contribution in [3.63, 3.8) is 0 Å². The third kappa shape index (κ3) is 2.41. The van der Waals surface area contributed by atoms with E-state index in [4.69, 9.17) is 9.47 Å². The van der Waals surface area contributed by atoms with Crippen LogP contribution in [0.3, 0.4) is 0 Å². The molecule has 88 valence electrons. The lowest BCUT2D eigenvalue weighted by Crippen LogP contribution is -2.52. The maximum atomic E-state index is 5.96. The van der Waals surface area contributed by atoms with Gasteiger partial charge in [-0.2, -0.15) is 0 Å². The minimum Gasteiger partial charge on any atom is -0.487 e. The Morgan fingerprint density at radius 1 is 1.38 bits per heavy atom. The standard InChI is InChI=1S/C13H17BrO2/c1-3-15-13-10(14)8-12(13)16-11-7-5-4-6-9(11)2/h4-7,10,12-13H,3,8H2,1-2H3. The lowest BCUT2D eigenvalue weighted by molar-refractivity contribution is -0.0725. The topological polar surface area (TPSA) is 18.5 Å². The van der Waals surface area contributed by atoms with Crippen LogP contribution >= 0.6 is 15.9 Å². The molecule has 1 saturated carbocycles. The van der Waals surface area contributed by atoms with Crippen molar-refractivity contribution in [1.82, 2.24) is 0 Å². The van der Waals surface area contributed by atoms with Crippen molar-refractivity contribution in [1.29, 1.82) is 0 Å². The molecular formula is C13H17BrO2. The van der Waals surface area contributed by atoms with Crippen LogP contribution in [0.15, 0.2) is 24.3 Å². The summed E-state index contributed by atoms with van der Waals surface area (Å²) < 4.78 is 11.6. The van der Waals surface area contributed by atoms with Crippen molar-refractivity contribution in [3.05, 3.63) is 29.8 Å². The van der Waals surface area contributed by atoms with Gasteiger partial charge in [0.2, 0.25) is 0 Å². The number of halogens is 1. The molecule has 0 aromatic heterocycles. The van der Waals surface area contributed by atoms with E-state index in [-0.39, 0.29) is 12.2 Å². The molecule has 1 aromatic rings. The average molecular weight is 285 g/mol. The summed E-state index contributed by atoms with van der Waals surface area (Å²) in [5.74, 6) is 0.969. The third-order valence-corrected chi connectivity index (χ3v) is 3.81. The van der Waals surface area contributed by atoms with E-state index in [1.807, 2.05) is 25.1 Å². The fourth-order valence-electron chi connectivity index (χ4n) is 1.90. The molecule has 0 aliphatic heterocycles. The van der Waals surface area contributed by atoms with Gasteiger partial charge in [0, 0.05) is 17.9 Å². The van der Waals surface area contributed by atoms with Crippen LogP contribution in [-0.4, -0.2) is 23.6 Å². The Bertz CT molecular complexity index is 354. The van der Waals surface area contributed by atoms with E-state index in [1.165, 1.54) is 5.56 Å². The largest absolute Gasteiger partial charge is 0.487 e. The van der Waals surface area contributed by atoms with Crippen LogP contribution in [0.1, 0.15) is 18.9 Å². The monoisotopic (exact) mass is 284 g/mol. The summed E-state index contributed by atoms with van der Waals surface area (Å²) in [6.07, 6.45) is 1.38. The van der Waals surface area contributed by atoms with E-state index in [1.54, 1.807) is 0 Å². The van der Waals surface area contributed by atoms with Crippen molar-refractivity contribution >= 4 is 15.9 Å².